The van der Waals surface area contributed by atoms with E-state index in [1.54, 1.807) is 23.4 Å². The van der Waals surface area contributed by atoms with Gasteiger partial charge in [0, 0.05) is 64.1 Å². The molecule has 0 radical (unpaired) electrons. The number of likely N-dealkylation sites (tertiary alicyclic amines) is 2. The molecule has 0 saturated carbocycles. The van der Waals surface area contributed by atoms with Crippen LogP contribution in [0.25, 0.3) is 0 Å². The van der Waals surface area contributed by atoms with Crippen molar-refractivity contribution in [3.05, 3.63) is 18.5 Å². The third-order valence-electron chi connectivity index (χ3n) is 7.94. The predicted molar refractivity (Wildman–Crippen MR) is 125 cm³/mol. The number of aliphatic hydroxyl groups excluding tert-OH is 4. The molecule has 1 aromatic heterocycles. The van der Waals surface area contributed by atoms with Crippen LogP contribution in [0.3, 0.4) is 0 Å². The summed E-state index contributed by atoms with van der Waals surface area (Å²) in [5.41, 5.74) is 0. The number of alkyl halides is 2. The molecule has 14 heteroatoms. The second-order valence-electron chi connectivity index (χ2n) is 10.3. The number of rotatable bonds is 5. The van der Waals surface area contributed by atoms with Gasteiger partial charge >= 0.3 is 0 Å². The Kier molecular flexibility index (Phi) is 7.60. The summed E-state index contributed by atoms with van der Waals surface area (Å²) in [6.45, 7) is 1.61. The van der Waals surface area contributed by atoms with Crippen molar-refractivity contribution in [3.63, 3.8) is 0 Å². The Bertz CT molecular complexity index is 940. The Hall–Kier alpha value is -2.07. The highest BCUT2D eigenvalue weighted by Gasteiger charge is 2.53. The second kappa shape index (κ2) is 10.6. The number of carbonyl (C=O) groups is 1. The Labute approximate surface area is 213 Å². The molecule has 37 heavy (non-hydrogen) atoms. The standard InChI is InChI=1S/C23H34F2N6O6/c24-23(25)2-5-30(13-23)20(36)15-10-14(28-6-8-29(9-7-28)22-26-3-1-4-27-22)11-31(15)21-19(35)18(34)17(33)16(12-32)37-21/h1,3-4,14-19,21,32-35H,2,5-13H2/t14-,15-,16+,17+,18-,19+,21+/m0/s1. The third kappa shape index (κ3) is 5.28. The van der Waals surface area contributed by atoms with Crippen LogP contribution in [0.15, 0.2) is 18.5 Å². The molecule has 0 unspecified atom stereocenters. The predicted octanol–water partition coefficient (Wildman–Crippen LogP) is -2.29. The lowest BCUT2D eigenvalue weighted by Crippen LogP contribution is -2.65. The number of hydrogen-bond donors (Lipinski definition) is 4. The molecule has 5 heterocycles. The van der Waals surface area contributed by atoms with Crippen molar-refractivity contribution in [3.8, 4) is 0 Å². The molecule has 4 aliphatic rings. The van der Waals surface area contributed by atoms with Crippen molar-refractivity contribution < 1.29 is 38.7 Å². The zero-order valence-electron chi connectivity index (χ0n) is 20.4. The van der Waals surface area contributed by atoms with E-state index in [9.17, 15) is 34.0 Å². The van der Waals surface area contributed by atoms with Crippen molar-refractivity contribution in [1.29, 1.82) is 0 Å². The summed E-state index contributed by atoms with van der Waals surface area (Å²) in [6.07, 6.45) is -3.73. The summed E-state index contributed by atoms with van der Waals surface area (Å²) in [6, 6.07) is 0.748. The van der Waals surface area contributed by atoms with Crippen LogP contribution in [-0.2, 0) is 9.53 Å². The first-order chi connectivity index (χ1) is 17.7. The van der Waals surface area contributed by atoms with Gasteiger partial charge in [0.2, 0.25) is 11.9 Å². The summed E-state index contributed by atoms with van der Waals surface area (Å²) in [4.78, 5) is 29.1. The van der Waals surface area contributed by atoms with Crippen molar-refractivity contribution >= 4 is 11.9 Å². The average molecular weight is 529 g/mol. The van der Waals surface area contributed by atoms with Crippen LogP contribution in [0, 0.1) is 0 Å². The molecule has 0 aliphatic carbocycles. The molecule has 1 amide bonds. The summed E-state index contributed by atoms with van der Waals surface area (Å²) < 4.78 is 33.6. The van der Waals surface area contributed by atoms with E-state index < -0.39 is 68.1 Å². The van der Waals surface area contributed by atoms with Gasteiger partial charge in [-0.15, -0.1) is 0 Å². The van der Waals surface area contributed by atoms with E-state index in [2.05, 4.69) is 19.8 Å². The quantitative estimate of drug-likeness (QED) is 0.328. The number of amides is 1. The molecule has 1 aromatic rings. The van der Waals surface area contributed by atoms with Crippen LogP contribution in [0.1, 0.15) is 12.8 Å². The van der Waals surface area contributed by atoms with Crippen molar-refractivity contribution in [2.75, 3.05) is 57.3 Å². The van der Waals surface area contributed by atoms with Crippen LogP contribution in [0.4, 0.5) is 14.7 Å². The Morgan fingerprint density at radius 2 is 1.76 bits per heavy atom. The molecule has 7 atom stereocenters. The van der Waals surface area contributed by atoms with Gasteiger partial charge in [0.1, 0.15) is 30.6 Å². The van der Waals surface area contributed by atoms with E-state index in [-0.39, 0.29) is 19.1 Å². The number of anilines is 1. The van der Waals surface area contributed by atoms with Crippen molar-refractivity contribution in [2.24, 2.45) is 0 Å². The van der Waals surface area contributed by atoms with E-state index in [4.69, 9.17) is 4.74 Å². The van der Waals surface area contributed by atoms with Gasteiger partial charge in [0.25, 0.3) is 5.92 Å². The third-order valence-corrected chi connectivity index (χ3v) is 7.94. The van der Waals surface area contributed by atoms with Gasteiger partial charge in [-0.3, -0.25) is 14.6 Å². The first-order valence-corrected chi connectivity index (χ1v) is 12.7. The fourth-order valence-electron chi connectivity index (χ4n) is 5.86. The minimum absolute atomic E-state index is 0.0642. The lowest BCUT2D eigenvalue weighted by molar-refractivity contribution is -0.267. The molecule has 4 fully saturated rings. The molecule has 4 aliphatic heterocycles. The molecule has 4 saturated heterocycles. The average Bonchev–Trinajstić information content (AvgIpc) is 3.51. The normalized spacial score (nSPS) is 37.3. The zero-order valence-corrected chi connectivity index (χ0v) is 20.4. The van der Waals surface area contributed by atoms with Crippen LogP contribution >= 0.6 is 0 Å². The number of halogens is 2. The molecule has 0 spiro atoms. The van der Waals surface area contributed by atoms with Crippen molar-refractivity contribution in [2.45, 2.75) is 61.5 Å². The molecular formula is C23H34F2N6O6. The summed E-state index contributed by atoms with van der Waals surface area (Å²) in [7, 11) is 0. The summed E-state index contributed by atoms with van der Waals surface area (Å²) >= 11 is 0. The zero-order chi connectivity index (χ0) is 26.3. The maximum Gasteiger partial charge on any atom is 0.267 e. The highest BCUT2D eigenvalue weighted by atomic mass is 19.3. The van der Waals surface area contributed by atoms with Crippen molar-refractivity contribution in [1.82, 2.24) is 24.7 Å². The maximum absolute atomic E-state index is 13.9. The monoisotopic (exact) mass is 528 g/mol. The van der Waals surface area contributed by atoms with Gasteiger partial charge in [-0.2, -0.15) is 0 Å². The fraction of sp³-hybridized carbons (Fsp3) is 0.783. The van der Waals surface area contributed by atoms with Gasteiger partial charge in [0.15, 0.2) is 0 Å². The molecule has 206 valence electrons. The number of hydrogen-bond acceptors (Lipinski definition) is 11. The summed E-state index contributed by atoms with van der Waals surface area (Å²) in [5, 5.41) is 40.9. The Morgan fingerprint density at radius 3 is 2.38 bits per heavy atom. The topological polar surface area (TPSA) is 146 Å². The lowest BCUT2D eigenvalue weighted by Gasteiger charge is -2.45. The van der Waals surface area contributed by atoms with E-state index in [1.807, 2.05) is 0 Å². The molecule has 0 aromatic carbocycles. The number of carbonyl (C=O) groups excluding carboxylic acids is 1. The number of ether oxygens (including phenoxy) is 1. The molecule has 5 rings (SSSR count). The minimum Gasteiger partial charge on any atom is -0.394 e. The van der Waals surface area contributed by atoms with Gasteiger partial charge in [-0.25, -0.2) is 18.7 Å². The minimum atomic E-state index is -2.95. The SMILES string of the molecule is O=C([C@@H]1C[C@H](N2CCN(c3ncccn3)CC2)CN1[C@@H]1O[C@H](CO)[C@@H](O)[C@H](O)[C@H]1O)N1CCC(F)(F)C1. The van der Waals surface area contributed by atoms with E-state index in [0.29, 0.717) is 38.5 Å². The molecule has 0 bridgehead atoms. The van der Waals surface area contributed by atoms with E-state index >= 15 is 0 Å². The lowest BCUT2D eigenvalue weighted by atomic mass is 9.97. The highest BCUT2D eigenvalue weighted by molar-refractivity contribution is 5.82. The summed E-state index contributed by atoms with van der Waals surface area (Å²) in [5.74, 6) is -2.79. The van der Waals surface area contributed by atoms with Crippen LogP contribution in [0.2, 0.25) is 0 Å². The van der Waals surface area contributed by atoms with Crippen LogP contribution in [-0.4, -0.2) is 152 Å². The number of nitrogens with zero attached hydrogens (tertiary/aromatic N) is 6. The smallest absolute Gasteiger partial charge is 0.267 e. The first-order valence-electron chi connectivity index (χ1n) is 12.7. The second-order valence-corrected chi connectivity index (χ2v) is 10.3. The largest absolute Gasteiger partial charge is 0.394 e. The first kappa shape index (κ1) is 26.5. The van der Waals surface area contributed by atoms with Gasteiger partial charge < -0.3 is 35.0 Å². The number of aliphatic hydroxyl groups is 4. The maximum atomic E-state index is 13.9. The molecule has 4 N–H and O–H groups in total. The highest BCUT2D eigenvalue weighted by Crippen LogP contribution is 2.35. The Balaban J connectivity index is 1.33. The van der Waals surface area contributed by atoms with Crippen LogP contribution in [0.5, 0.6) is 0 Å². The van der Waals surface area contributed by atoms with Gasteiger partial charge in [-0.1, -0.05) is 0 Å². The number of aromatic nitrogens is 2. The number of piperazine rings is 1. The van der Waals surface area contributed by atoms with Gasteiger partial charge in [-0.05, 0) is 12.5 Å². The molecular weight excluding hydrogens is 494 g/mol. The van der Waals surface area contributed by atoms with E-state index in [0.717, 1.165) is 4.90 Å². The van der Waals surface area contributed by atoms with Crippen LogP contribution < -0.4 is 4.90 Å². The molecule has 12 nitrogen and oxygen atoms in total. The van der Waals surface area contributed by atoms with Gasteiger partial charge in [0.05, 0.1) is 19.2 Å². The fourth-order valence-corrected chi connectivity index (χ4v) is 5.86. The van der Waals surface area contributed by atoms with E-state index in [1.165, 1.54) is 0 Å². The Morgan fingerprint density at radius 1 is 1.05 bits per heavy atom.